The molecule has 2 aromatic carbocycles. The third-order valence-corrected chi connectivity index (χ3v) is 2.86. The first kappa shape index (κ1) is 11.8. The number of hydrogen-bond acceptors (Lipinski definition) is 2. The van der Waals surface area contributed by atoms with Crippen molar-refractivity contribution in [3.05, 3.63) is 60.2 Å². The zero-order chi connectivity index (χ0) is 12.3. The Bertz CT molecular complexity index is 462. The molecule has 0 radical (unpaired) electrons. The second kappa shape index (κ2) is 5.13. The van der Waals surface area contributed by atoms with E-state index in [9.17, 15) is 5.11 Å². The summed E-state index contributed by atoms with van der Waals surface area (Å²) in [5.74, 6) is 0. The van der Waals surface area contributed by atoms with Crippen LogP contribution in [0.3, 0.4) is 0 Å². The van der Waals surface area contributed by atoms with Crippen LogP contribution in [-0.4, -0.2) is 11.1 Å². The number of benzene rings is 2. The number of aliphatic hydroxyl groups excluding tert-OH is 1. The number of hydrogen-bond donors (Lipinski definition) is 2. The van der Waals surface area contributed by atoms with Gasteiger partial charge in [0.2, 0.25) is 0 Å². The van der Waals surface area contributed by atoms with Crippen LogP contribution in [0.2, 0.25) is 0 Å². The largest absolute Gasteiger partial charge is 0.387 e. The summed E-state index contributed by atoms with van der Waals surface area (Å²) in [6, 6.07) is 17.8. The Hall–Kier alpha value is -1.64. The molecule has 88 valence electrons. The van der Waals surface area contributed by atoms with Gasteiger partial charge in [0.15, 0.2) is 0 Å². The van der Waals surface area contributed by atoms with Gasteiger partial charge in [-0.1, -0.05) is 54.6 Å². The van der Waals surface area contributed by atoms with Crippen molar-refractivity contribution in [1.82, 2.24) is 0 Å². The van der Waals surface area contributed by atoms with Crippen molar-refractivity contribution in [1.29, 1.82) is 0 Å². The molecule has 0 aliphatic heterocycles. The van der Waals surface area contributed by atoms with E-state index in [-0.39, 0.29) is 6.04 Å². The van der Waals surface area contributed by atoms with E-state index in [2.05, 4.69) is 12.1 Å². The van der Waals surface area contributed by atoms with Gasteiger partial charge in [-0.05, 0) is 23.6 Å². The van der Waals surface area contributed by atoms with Gasteiger partial charge in [0.05, 0.1) is 6.10 Å². The Kier molecular flexibility index (Phi) is 3.57. The van der Waals surface area contributed by atoms with E-state index in [0.29, 0.717) is 0 Å². The molecule has 2 atom stereocenters. The molecule has 0 aliphatic rings. The average Bonchev–Trinajstić information content (AvgIpc) is 2.39. The van der Waals surface area contributed by atoms with Gasteiger partial charge < -0.3 is 10.8 Å². The molecular weight excluding hydrogens is 210 g/mol. The summed E-state index contributed by atoms with van der Waals surface area (Å²) in [5, 5.41) is 9.83. The van der Waals surface area contributed by atoms with Crippen LogP contribution in [0.15, 0.2) is 54.6 Å². The minimum atomic E-state index is -0.597. The summed E-state index contributed by atoms with van der Waals surface area (Å²) < 4.78 is 0. The van der Waals surface area contributed by atoms with Crippen molar-refractivity contribution in [3.8, 4) is 11.1 Å². The lowest BCUT2D eigenvalue weighted by atomic mass is 9.99. The highest BCUT2D eigenvalue weighted by molar-refractivity contribution is 5.63. The minimum Gasteiger partial charge on any atom is -0.387 e. The van der Waals surface area contributed by atoms with E-state index in [0.717, 1.165) is 11.1 Å². The maximum Gasteiger partial charge on any atom is 0.0938 e. The van der Waals surface area contributed by atoms with Crippen LogP contribution in [0.25, 0.3) is 11.1 Å². The van der Waals surface area contributed by atoms with E-state index in [1.807, 2.05) is 42.5 Å². The summed E-state index contributed by atoms with van der Waals surface area (Å²) in [4.78, 5) is 0. The summed E-state index contributed by atoms with van der Waals surface area (Å²) >= 11 is 0. The summed E-state index contributed by atoms with van der Waals surface area (Å²) in [5.41, 5.74) is 8.85. The Labute approximate surface area is 102 Å². The zero-order valence-electron chi connectivity index (χ0n) is 9.88. The highest BCUT2D eigenvalue weighted by Gasteiger charge is 2.11. The van der Waals surface area contributed by atoms with Gasteiger partial charge in [-0.2, -0.15) is 0 Å². The quantitative estimate of drug-likeness (QED) is 0.847. The predicted molar refractivity (Wildman–Crippen MR) is 70.5 cm³/mol. The molecule has 2 rings (SSSR count). The fraction of sp³-hybridized carbons (Fsp3) is 0.200. The zero-order valence-corrected chi connectivity index (χ0v) is 9.88. The van der Waals surface area contributed by atoms with Crippen LogP contribution in [-0.2, 0) is 0 Å². The van der Waals surface area contributed by atoms with E-state index in [1.165, 1.54) is 5.56 Å². The second-order valence-electron chi connectivity index (χ2n) is 4.29. The topological polar surface area (TPSA) is 46.2 Å². The van der Waals surface area contributed by atoms with Gasteiger partial charge in [0, 0.05) is 6.04 Å². The van der Waals surface area contributed by atoms with Crippen molar-refractivity contribution in [2.24, 2.45) is 5.73 Å². The van der Waals surface area contributed by atoms with Crippen molar-refractivity contribution in [2.45, 2.75) is 19.1 Å². The Morgan fingerprint density at radius 3 is 1.94 bits per heavy atom. The number of rotatable bonds is 3. The summed E-state index contributed by atoms with van der Waals surface area (Å²) in [6.45, 7) is 1.80. The molecule has 0 heterocycles. The minimum absolute atomic E-state index is 0.252. The van der Waals surface area contributed by atoms with Crippen LogP contribution >= 0.6 is 0 Å². The molecule has 0 aromatic heterocycles. The van der Waals surface area contributed by atoms with Gasteiger partial charge in [-0.3, -0.25) is 0 Å². The van der Waals surface area contributed by atoms with Crippen LogP contribution < -0.4 is 5.73 Å². The smallest absolute Gasteiger partial charge is 0.0938 e. The third kappa shape index (κ3) is 2.73. The van der Waals surface area contributed by atoms with Crippen molar-refractivity contribution in [2.75, 3.05) is 0 Å². The van der Waals surface area contributed by atoms with Crippen molar-refractivity contribution in [3.63, 3.8) is 0 Å². The SMILES string of the molecule is C[C@@H](N)[C@@H](O)c1ccc(-c2ccccc2)cc1. The standard InChI is InChI=1S/C15H17NO/c1-11(16)15(17)14-9-7-13(8-10-14)12-5-3-2-4-6-12/h2-11,15,17H,16H2,1H3/t11-,15-/m1/s1. The molecule has 0 unspecified atom stereocenters. The van der Waals surface area contributed by atoms with Gasteiger partial charge in [-0.25, -0.2) is 0 Å². The lowest BCUT2D eigenvalue weighted by molar-refractivity contribution is 0.153. The Balaban J connectivity index is 2.25. The van der Waals surface area contributed by atoms with Gasteiger partial charge in [0.25, 0.3) is 0 Å². The molecule has 2 heteroatoms. The van der Waals surface area contributed by atoms with Gasteiger partial charge in [-0.15, -0.1) is 0 Å². The molecule has 0 bridgehead atoms. The van der Waals surface area contributed by atoms with Gasteiger partial charge in [0.1, 0.15) is 0 Å². The molecule has 0 fully saturated rings. The van der Waals surface area contributed by atoms with Gasteiger partial charge >= 0.3 is 0 Å². The van der Waals surface area contributed by atoms with Crippen LogP contribution in [0.4, 0.5) is 0 Å². The molecule has 2 nitrogen and oxygen atoms in total. The number of nitrogens with two attached hydrogens (primary N) is 1. The molecule has 2 aromatic rings. The fourth-order valence-corrected chi connectivity index (χ4v) is 1.81. The predicted octanol–water partition coefficient (Wildman–Crippen LogP) is 2.73. The summed E-state index contributed by atoms with van der Waals surface area (Å²) in [6.07, 6.45) is -0.597. The first-order chi connectivity index (χ1) is 8.18. The monoisotopic (exact) mass is 227 g/mol. The maximum absolute atomic E-state index is 9.83. The first-order valence-corrected chi connectivity index (χ1v) is 5.77. The normalized spacial score (nSPS) is 14.3. The van der Waals surface area contributed by atoms with Crippen LogP contribution in [0, 0.1) is 0 Å². The van der Waals surface area contributed by atoms with E-state index < -0.39 is 6.10 Å². The molecule has 0 saturated carbocycles. The number of aliphatic hydroxyl groups is 1. The highest BCUT2D eigenvalue weighted by Crippen LogP contribution is 2.22. The molecule has 3 N–H and O–H groups in total. The highest BCUT2D eigenvalue weighted by atomic mass is 16.3. The molecule has 0 spiro atoms. The maximum atomic E-state index is 9.83. The molecule has 0 saturated heterocycles. The Morgan fingerprint density at radius 2 is 1.41 bits per heavy atom. The molecule has 17 heavy (non-hydrogen) atoms. The summed E-state index contributed by atoms with van der Waals surface area (Å²) in [7, 11) is 0. The second-order valence-corrected chi connectivity index (χ2v) is 4.29. The van der Waals surface area contributed by atoms with Crippen LogP contribution in [0.5, 0.6) is 0 Å². The lowest BCUT2D eigenvalue weighted by Crippen LogP contribution is -2.24. The molecule has 0 aliphatic carbocycles. The van der Waals surface area contributed by atoms with Crippen molar-refractivity contribution < 1.29 is 5.11 Å². The fourth-order valence-electron chi connectivity index (χ4n) is 1.81. The van der Waals surface area contributed by atoms with E-state index in [1.54, 1.807) is 6.92 Å². The van der Waals surface area contributed by atoms with Crippen molar-refractivity contribution >= 4 is 0 Å². The van der Waals surface area contributed by atoms with E-state index in [4.69, 9.17) is 5.73 Å². The lowest BCUT2D eigenvalue weighted by Gasteiger charge is -2.15. The molecular formula is C15H17NO. The average molecular weight is 227 g/mol. The first-order valence-electron chi connectivity index (χ1n) is 5.77. The third-order valence-electron chi connectivity index (χ3n) is 2.86. The molecule has 0 amide bonds. The van der Waals surface area contributed by atoms with E-state index >= 15 is 0 Å². The Morgan fingerprint density at radius 1 is 0.882 bits per heavy atom. The van der Waals surface area contributed by atoms with Crippen LogP contribution in [0.1, 0.15) is 18.6 Å².